The SMILES string of the molecule is CC(C)(C)Cc1ccc([18F])cc1. The minimum absolute atomic E-state index is 0.160. The molecule has 12 heavy (non-hydrogen) atoms. The minimum atomic E-state index is -0.160. The number of rotatable bonds is 1. The highest BCUT2D eigenvalue weighted by molar-refractivity contribution is 5.17. The maximum atomic E-state index is 12.5. The quantitative estimate of drug-likeness (QED) is 0.598. The molecule has 0 aliphatic rings. The van der Waals surface area contributed by atoms with Crippen LogP contribution in [0.2, 0.25) is 0 Å². The molecule has 0 amide bonds. The molecule has 0 aliphatic carbocycles. The fourth-order valence-corrected chi connectivity index (χ4v) is 1.21. The van der Waals surface area contributed by atoms with E-state index in [9.17, 15) is 4.39 Å². The van der Waals surface area contributed by atoms with Crippen molar-refractivity contribution < 1.29 is 4.39 Å². The molecule has 0 unspecified atom stereocenters. The monoisotopic (exact) mass is 165 g/mol. The molecule has 0 spiro atoms. The Bertz CT molecular complexity index is 241. The van der Waals surface area contributed by atoms with Crippen molar-refractivity contribution in [3.63, 3.8) is 0 Å². The van der Waals surface area contributed by atoms with E-state index in [2.05, 4.69) is 20.8 Å². The van der Waals surface area contributed by atoms with Crippen LogP contribution in [0.25, 0.3) is 0 Å². The van der Waals surface area contributed by atoms with Gasteiger partial charge in [0, 0.05) is 0 Å². The second kappa shape index (κ2) is 3.26. The Hall–Kier alpha value is -0.850. The largest absolute Gasteiger partial charge is 0.207 e. The summed E-state index contributed by atoms with van der Waals surface area (Å²) in [6.45, 7) is 6.53. The Morgan fingerprint density at radius 3 is 2.00 bits per heavy atom. The molecular formula is C11H15F. The van der Waals surface area contributed by atoms with Crippen LogP contribution >= 0.6 is 0 Å². The Morgan fingerprint density at radius 2 is 1.58 bits per heavy atom. The normalized spacial score (nSPS) is 11.7. The van der Waals surface area contributed by atoms with E-state index >= 15 is 0 Å². The molecule has 0 aliphatic heterocycles. The van der Waals surface area contributed by atoms with Crippen molar-refractivity contribution in [1.29, 1.82) is 0 Å². The molecule has 0 nitrogen and oxygen atoms in total. The molecule has 0 radical (unpaired) electrons. The first-order valence-electron chi connectivity index (χ1n) is 4.22. The molecule has 0 heterocycles. The Morgan fingerprint density at radius 1 is 1.08 bits per heavy atom. The smallest absolute Gasteiger partial charge is 0.123 e. The molecule has 0 aromatic heterocycles. The van der Waals surface area contributed by atoms with Crippen molar-refractivity contribution in [3.05, 3.63) is 35.6 Å². The first-order valence-corrected chi connectivity index (χ1v) is 4.22. The molecule has 0 saturated heterocycles. The molecule has 0 N–H and O–H groups in total. The lowest BCUT2D eigenvalue weighted by molar-refractivity contribution is 0.411. The maximum absolute atomic E-state index is 12.5. The van der Waals surface area contributed by atoms with Crippen LogP contribution in [0.5, 0.6) is 0 Å². The van der Waals surface area contributed by atoms with Crippen molar-refractivity contribution in [3.8, 4) is 0 Å². The highest BCUT2D eigenvalue weighted by Gasteiger charge is 2.10. The lowest BCUT2D eigenvalue weighted by Gasteiger charge is -2.17. The molecule has 0 atom stereocenters. The van der Waals surface area contributed by atoms with Crippen LogP contribution in [0.1, 0.15) is 26.3 Å². The van der Waals surface area contributed by atoms with Crippen LogP contribution in [-0.4, -0.2) is 0 Å². The van der Waals surface area contributed by atoms with Gasteiger partial charge >= 0.3 is 0 Å². The lowest BCUT2D eigenvalue weighted by Crippen LogP contribution is -2.08. The summed E-state index contributed by atoms with van der Waals surface area (Å²) in [5.41, 5.74) is 1.47. The summed E-state index contributed by atoms with van der Waals surface area (Å²) in [6.07, 6.45) is 0.993. The molecule has 1 heteroatoms. The van der Waals surface area contributed by atoms with Gasteiger partial charge in [-0.3, -0.25) is 0 Å². The Balaban J connectivity index is 2.71. The standard InChI is InChI=1S/C11H15F/c1-11(2,3)8-9-4-6-10(12)7-5-9/h4-7H,8H2,1-3H3/i12-1. The van der Waals surface area contributed by atoms with Gasteiger partial charge in [0.15, 0.2) is 0 Å². The summed E-state index contributed by atoms with van der Waals surface area (Å²) < 4.78 is 12.5. The summed E-state index contributed by atoms with van der Waals surface area (Å²) >= 11 is 0. The third-order valence-corrected chi connectivity index (χ3v) is 1.65. The van der Waals surface area contributed by atoms with Crippen molar-refractivity contribution in [2.75, 3.05) is 0 Å². The van der Waals surface area contributed by atoms with Crippen LogP contribution < -0.4 is 0 Å². The average molecular weight is 165 g/mol. The van der Waals surface area contributed by atoms with Gasteiger partial charge in [-0.25, -0.2) is 4.39 Å². The van der Waals surface area contributed by atoms with E-state index in [0.29, 0.717) is 0 Å². The van der Waals surface area contributed by atoms with E-state index in [1.54, 1.807) is 0 Å². The zero-order valence-electron chi connectivity index (χ0n) is 7.89. The summed E-state index contributed by atoms with van der Waals surface area (Å²) in [7, 11) is 0. The van der Waals surface area contributed by atoms with Crippen molar-refractivity contribution >= 4 is 0 Å². The molecule has 0 saturated carbocycles. The molecule has 1 rings (SSSR count). The van der Waals surface area contributed by atoms with Crippen molar-refractivity contribution in [2.45, 2.75) is 27.2 Å². The van der Waals surface area contributed by atoms with Gasteiger partial charge in [0.25, 0.3) is 0 Å². The van der Waals surface area contributed by atoms with Gasteiger partial charge in [0.2, 0.25) is 0 Å². The number of hydrogen-bond donors (Lipinski definition) is 0. The van der Waals surface area contributed by atoms with Gasteiger partial charge in [-0.15, -0.1) is 0 Å². The predicted octanol–water partition coefficient (Wildman–Crippen LogP) is 3.41. The lowest BCUT2D eigenvalue weighted by atomic mass is 9.88. The van der Waals surface area contributed by atoms with Gasteiger partial charge in [0.05, 0.1) is 0 Å². The van der Waals surface area contributed by atoms with Gasteiger partial charge in [-0.2, -0.15) is 0 Å². The van der Waals surface area contributed by atoms with Gasteiger partial charge in [-0.05, 0) is 29.5 Å². The molecule has 1 aromatic rings. The number of benzene rings is 1. The Kier molecular flexibility index (Phi) is 2.51. The van der Waals surface area contributed by atoms with E-state index in [-0.39, 0.29) is 11.2 Å². The second-order valence-corrected chi connectivity index (χ2v) is 4.36. The number of halogens is 1. The summed E-state index contributed by atoms with van der Waals surface area (Å²) in [4.78, 5) is 0. The average Bonchev–Trinajstić information content (AvgIpc) is 1.91. The predicted molar refractivity (Wildman–Crippen MR) is 49.6 cm³/mol. The molecular weight excluding hydrogens is 150 g/mol. The third-order valence-electron chi connectivity index (χ3n) is 1.65. The molecule has 0 bridgehead atoms. The van der Waals surface area contributed by atoms with Crippen molar-refractivity contribution in [1.82, 2.24) is 0 Å². The van der Waals surface area contributed by atoms with E-state index in [1.807, 2.05) is 12.1 Å². The molecule has 0 fully saturated rings. The van der Waals surface area contributed by atoms with E-state index in [4.69, 9.17) is 0 Å². The van der Waals surface area contributed by atoms with E-state index in [0.717, 1.165) is 6.42 Å². The Labute approximate surface area is 73.4 Å². The van der Waals surface area contributed by atoms with Crippen LogP contribution in [-0.2, 0) is 6.42 Å². The summed E-state index contributed by atoms with van der Waals surface area (Å²) in [5, 5.41) is 0. The van der Waals surface area contributed by atoms with Gasteiger partial charge in [-0.1, -0.05) is 32.9 Å². The topological polar surface area (TPSA) is 0 Å². The summed E-state index contributed by atoms with van der Waals surface area (Å²) in [6, 6.07) is 6.73. The zero-order chi connectivity index (χ0) is 9.19. The van der Waals surface area contributed by atoms with Crippen LogP contribution in [0.4, 0.5) is 4.39 Å². The molecule has 1 aromatic carbocycles. The fraction of sp³-hybridized carbons (Fsp3) is 0.455. The van der Waals surface area contributed by atoms with Crippen LogP contribution in [0.3, 0.4) is 0 Å². The van der Waals surface area contributed by atoms with Crippen molar-refractivity contribution in [2.24, 2.45) is 5.41 Å². The minimum Gasteiger partial charge on any atom is -0.207 e. The summed E-state index contributed by atoms with van der Waals surface area (Å²) in [5.74, 6) is -0.160. The van der Waals surface area contributed by atoms with E-state index < -0.39 is 0 Å². The zero-order valence-corrected chi connectivity index (χ0v) is 7.89. The van der Waals surface area contributed by atoms with Crippen LogP contribution in [0.15, 0.2) is 24.3 Å². The number of hydrogen-bond acceptors (Lipinski definition) is 0. The first kappa shape index (κ1) is 9.24. The highest BCUT2D eigenvalue weighted by atomic mass is 18.2. The second-order valence-electron chi connectivity index (χ2n) is 4.36. The first-order chi connectivity index (χ1) is 5.47. The third kappa shape index (κ3) is 3.04. The maximum Gasteiger partial charge on any atom is 0.123 e. The van der Waals surface area contributed by atoms with E-state index in [1.165, 1.54) is 17.7 Å². The highest BCUT2D eigenvalue weighted by Crippen LogP contribution is 2.20. The van der Waals surface area contributed by atoms with Gasteiger partial charge in [0.1, 0.15) is 5.82 Å². The molecule has 66 valence electrons. The fourth-order valence-electron chi connectivity index (χ4n) is 1.21. The van der Waals surface area contributed by atoms with Gasteiger partial charge < -0.3 is 0 Å². The van der Waals surface area contributed by atoms with Crippen LogP contribution in [0, 0.1) is 11.2 Å².